The molecule has 0 bridgehead atoms. The lowest BCUT2D eigenvalue weighted by Crippen LogP contribution is -1.93. The van der Waals surface area contributed by atoms with Gasteiger partial charge in [-0.25, -0.2) is 4.79 Å². The molecule has 0 aliphatic carbocycles. The van der Waals surface area contributed by atoms with Gasteiger partial charge in [0, 0.05) is 23.8 Å². The Balaban J connectivity index is 0.000000153. The molecule has 0 unspecified atom stereocenters. The van der Waals surface area contributed by atoms with E-state index in [9.17, 15) is 4.79 Å². The van der Waals surface area contributed by atoms with E-state index in [0.717, 1.165) is 5.39 Å². The smallest absolute Gasteiger partial charge is 0.336 e. The third-order valence-corrected chi connectivity index (χ3v) is 2.10. The van der Waals surface area contributed by atoms with Gasteiger partial charge < -0.3 is 4.42 Å². The Morgan fingerprint density at radius 3 is 2.24 bits per heavy atom. The van der Waals surface area contributed by atoms with Crippen molar-refractivity contribution in [1.82, 2.24) is 4.98 Å². The SMILES string of the molecule is O=c1ccc2ccccc2o1.c1ccncc1. The second-order valence-electron chi connectivity index (χ2n) is 3.32. The van der Waals surface area contributed by atoms with Crippen LogP contribution in [0.25, 0.3) is 11.0 Å². The minimum Gasteiger partial charge on any atom is -0.423 e. The molecule has 3 nitrogen and oxygen atoms in total. The average molecular weight is 225 g/mol. The fraction of sp³-hybridized carbons (Fsp3) is 0. The number of benzene rings is 1. The first-order valence-electron chi connectivity index (χ1n) is 5.20. The van der Waals surface area contributed by atoms with Crippen molar-refractivity contribution in [3.05, 3.63) is 77.4 Å². The van der Waals surface area contributed by atoms with E-state index in [-0.39, 0.29) is 5.63 Å². The number of aromatic nitrogens is 1. The molecule has 0 N–H and O–H groups in total. The second-order valence-corrected chi connectivity index (χ2v) is 3.32. The summed E-state index contributed by atoms with van der Waals surface area (Å²) in [5.41, 5.74) is 0.337. The zero-order valence-corrected chi connectivity index (χ0v) is 9.11. The van der Waals surface area contributed by atoms with Crippen molar-refractivity contribution in [1.29, 1.82) is 0 Å². The van der Waals surface area contributed by atoms with Crippen molar-refractivity contribution < 1.29 is 4.42 Å². The monoisotopic (exact) mass is 225 g/mol. The van der Waals surface area contributed by atoms with Crippen molar-refractivity contribution in [2.45, 2.75) is 0 Å². The molecule has 2 heterocycles. The van der Waals surface area contributed by atoms with Gasteiger partial charge in [-0.3, -0.25) is 4.98 Å². The van der Waals surface area contributed by atoms with Crippen LogP contribution in [0.15, 0.2) is 76.2 Å². The highest BCUT2D eigenvalue weighted by atomic mass is 16.4. The van der Waals surface area contributed by atoms with Crippen molar-refractivity contribution in [2.75, 3.05) is 0 Å². The van der Waals surface area contributed by atoms with Crippen LogP contribution >= 0.6 is 0 Å². The molecule has 0 fully saturated rings. The number of pyridine rings is 1. The topological polar surface area (TPSA) is 43.1 Å². The number of hydrogen-bond donors (Lipinski definition) is 0. The first-order chi connectivity index (χ1) is 8.36. The van der Waals surface area contributed by atoms with Gasteiger partial charge in [0.2, 0.25) is 0 Å². The molecule has 0 spiro atoms. The summed E-state index contributed by atoms with van der Waals surface area (Å²) in [6.45, 7) is 0. The normalized spacial score (nSPS) is 9.41. The molecule has 2 aromatic heterocycles. The molecule has 17 heavy (non-hydrogen) atoms. The van der Waals surface area contributed by atoms with E-state index in [1.54, 1.807) is 24.5 Å². The number of fused-ring (bicyclic) bond motifs is 1. The number of nitrogens with zero attached hydrogens (tertiary/aromatic N) is 1. The minimum atomic E-state index is -0.302. The predicted octanol–water partition coefficient (Wildman–Crippen LogP) is 2.87. The van der Waals surface area contributed by atoms with Crippen LogP contribution in [0.3, 0.4) is 0 Å². The summed E-state index contributed by atoms with van der Waals surface area (Å²) in [6, 6.07) is 16.3. The third kappa shape index (κ3) is 3.28. The summed E-state index contributed by atoms with van der Waals surface area (Å²) in [7, 11) is 0. The Labute approximate surface area is 98.4 Å². The first-order valence-corrected chi connectivity index (χ1v) is 5.20. The summed E-state index contributed by atoms with van der Waals surface area (Å²) in [5.74, 6) is 0. The van der Waals surface area contributed by atoms with Gasteiger partial charge in [-0.2, -0.15) is 0 Å². The molecule has 3 heteroatoms. The van der Waals surface area contributed by atoms with Crippen LogP contribution in [0.5, 0.6) is 0 Å². The molecule has 0 amide bonds. The van der Waals surface area contributed by atoms with Crippen LogP contribution in [0.4, 0.5) is 0 Å². The molecular formula is C14H11NO2. The molecule has 1 aromatic carbocycles. The van der Waals surface area contributed by atoms with Crippen molar-refractivity contribution in [2.24, 2.45) is 0 Å². The standard InChI is InChI=1S/C9H6O2.C5H5N/c10-9-6-5-7-3-1-2-4-8(7)11-9;1-2-4-6-5-3-1/h1-6H;1-5H. The van der Waals surface area contributed by atoms with Crippen LogP contribution in [0.2, 0.25) is 0 Å². The van der Waals surface area contributed by atoms with Gasteiger partial charge in [0.05, 0.1) is 0 Å². The van der Waals surface area contributed by atoms with E-state index in [1.807, 2.05) is 36.4 Å². The molecule has 0 aliphatic rings. The number of hydrogen-bond acceptors (Lipinski definition) is 3. The Bertz CT molecular complexity index is 605. The van der Waals surface area contributed by atoms with Crippen molar-refractivity contribution >= 4 is 11.0 Å². The Morgan fingerprint density at radius 2 is 1.59 bits per heavy atom. The van der Waals surface area contributed by atoms with Gasteiger partial charge in [-0.15, -0.1) is 0 Å². The molecule has 0 saturated carbocycles. The maximum Gasteiger partial charge on any atom is 0.336 e. The Hall–Kier alpha value is -2.42. The quantitative estimate of drug-likeness (QED) is 0.552. The van der Waals surface area contributed by atoms with Gasteiger partial charge in [0.15, 0.2) is 0 Å². The highest BCUT2D eigenvalue weighted by Crippen LogP contribution is 2.08. The average Bonchev–Trinajstić information content (AvgIpc) is 2.41. The van der Waals surface area contributed by atoms with E-state index in [0.29, 0.717) is 5.58 Å². The van der Waals surface area contributed by atoms with E-state index in [2.05, 4.69) is 4.98 Å². The van der Waals surface area contributed by atoms with Crippen LogP contribution in [-0.4, -0.2) is 4.98 Å². The van der Waals surface area contributed by atoms with Crippen molar-refractivity contribution in [3.8, 4) is 0 Å². The number of para-hydroxylation sites is 1. The van der Waals surface area contributed by atoms with Gasteiger partial charge in [0.1, 0.15) is 5.58 Å². The Kier molecular flexibility index (Phi) is 3.65. The molecule has 0 aliphatic heterocycles. The molecule has 84 valence electrons. The maximum atomic E-state index is 10.7. The minimum absolute atomic E-state index is 0.302. The highest BCUT2D eigenvalue weighted by Gasteiger charge is 1.92. The van der Waals surface area contributed by atoms with E-state index in [1.165, 1.54) is 6.07 Å². The molecular weight excluding hydrogens is 214 g/mol. The lowest BCUT2D eigenvalue weighted by Gasteiger charge is -1.91. The summed E-state index contributed by atoms with van der Waals surface area (Å²) in [6.07, 6.45) is 3.50. The van der Waals surface area contributed by atoms with E-state index >= 15 is 0 Å². The van der Waals surface area contributed by atoms with Crippen LogP contribution in [-0.2, 0) is 0 Å². The van der Waals surface area contributed by atoms with E-state index in [4.69, 9.17) is 4.42 Å². The first kappa shape index (κ1) is 11.1. The molecule has 0 radical (unpaired) electrons. The van der Waals surface area contributed by atoms with Crippen LogP contribution in [0.1, 0.15) is 0 Å². The molecule has 0 saturated heterocycles. The lowest BCUT2D eigenvalue weighted by atomic mass is 10.2. The third-order valence-electron chi connectivity index (χ3n) is 2.10. The zero-order chi connectivity index (χ0) is 11.9. The molecule has 3 aromatic rings. The fourth-order valence-corrected chi connectivity index (χ4v) is 1.32. The zero-order valence-electron chi connectivity index (χ0n) is 9.11. The molecule has 0 atom stereocenters. The fourth-order valence-electron chi connectivity index (χ4n) is 1.32. The maximum absolute atomic E-state index is 10.7. The summed E-state index contributed by atoms with van der Waals surface area (Å²) in [5, 5.41) is 0.951. The van der Waals surface area contributed by atoms with E-state index < -0.39 is 0 Å². The highest BCUT2D eigenvalue weighted by molar-refractivity contribution is 5.75. The summed E-state index contributed by atoms with van der Waals surface area (Å²) in [4.78, 5) is 14.5. The largest absolute Gasteiger partial charge is 0.423 e. The molecule has 3 rings (SSSR count). The summed E-state index contributed by atoms with van der Waals surface area (Å²) >= 11 is 0. The summed E-state index contributed by atoms with van der Waals surface area (Å²) < 4.78 is 4.91. The van der Waals surface area contributed by atoms with Gasteiger partial charge in [0.25, 0.3) is 0 Å². The Morgan fingerprint density at radius 1 is 0.824 bits per heavy atom. The second kappa shape index (κ2) is 5.61. The van der Waals surface area contributed by atoms with Gasteiger partial charge >= 0.3 is 5.63 Å². The van der Waals surface area contributed by atoms with Crippen molar-refractivity contribution in [3.63, 3.8) is 0 Å². The van der Waals surface area contributed by atoms with Gasteiger partial charge in [-0.05, 0) is 24.3 Å². The number of rotatable bonds is 0. The van der Waals surface area contributed by atoms with Gasteiger partial charge in [-0.1, -0.05) is 24.3 Å². The predicted molar refractivity (Wildman–Crippen MR) is 66.7 cm³/mol. The van der Waals surface area contributed by atoms with Crippen LogP contribution < -0.4 is 5.63 Å². The van der Waals surface area contributed by atoms with Crippen LogP contribution in [0, 0.1) is 0 Å². The lowest BCUT2D eigenvalue weighted by molar-refractivity contribution is 0.561.